The maximum Gasteiger partial charge on any atom is 0.207 e. The molecule has 2 aliphatic carbocycles. The fourth-order valence-electron chi connectivity index (χ4n) is 2.24. The van der Waals surface area contributed by atoms with Crippen molar-refractivity contribution in [1.29, 1.82) is 0 Å². The molecular weight excluding hydrogens is 186 g/mol. The van der Waals surface area contributed by atoms with Gasteiger partial charge >= 0.3 is 0 Å². The van der Waals surface area contributed by atoms with Gasteiger partial charge in [-0.2, -0.15) is 0 Å². The van der Waals surface area contributed by atoms with Crippen molar-refractivity contribution < 1.29 is 4.79 Å². The molecular formula is C13H15NO. The predicted octanol–water partition coefficient (Wildman–Crippen LogP) is 1.98. The van der Waals surface area contributed by atoms with Crippen molar-refractivity contribution in [3.63, 3.8) is 0 Å². The molecule has 1 amide bonds. The van der Waals surface area contributed by atoms with Gasteiger partial charge in [0.15, 0.2) is 0 Å². The van der Waals surface area contributed by atoms with Gasteiger partial charge in [0.2, 0.25) is 6.41 Å². The van der Waals surface area contributed by atoms with Gasteiger partial charge in [-0.15, -0.1) is 0 Å². The molecule has 2 atom stereocenters. The van der Waals surface area contributed by atoms with Gasteiger partial charge in [0.1, 0.15) is 0 Å². The van der Waals surface area contributed by atoms with Crippen molar-refractivity contribution in [3.05, 3.63) is 48.1 Å². The molecule has 0 fully saturated rings. The van der Waals surface area contributed by atoms with Crippen molar-refractivity contribution >= 4 is 6.41 Å². The van der Waals surface area contributed by atoms with Crippen LogP contribution in [0.2, 0.25) is 0 Å². The van der Waals surface area contributed by atoms with E-state index in [-0.39, 0.29) is 5.41 Å². The number of amides is 1. The van der Waals surface area contributed by atoms with Gasteiger partial charge in [0, 0.05) is 17.9 Å². The predicted molar refractivity (Wildman–Crippen MR) is 61.2 cm³/mol. The highest BCUT2D eigenvalue weighted by molar-refractivity contribution is 5.48. The van der Waals surface area contributed by atoms with Gasteiger partial charge in [-0.25, -0.2) is 0 Å². The minimum Gasteiger partial charge on any atom is -0.355 e. The average molecular weight is 201 g/mol. The topological polar surface area (TPSA) is 29.1 Å². The number of carbonyl (C=O) groups excluding carboxylic acids is 1. The van der Waals surface area contributed by atoms with Gasteiger partial charge in [-0.05, 0) is 5.57 Å². The first-order valence-electron chi connectivity index (χ1n) is 5.17. The van der Waals surface area contributed by atoms with E-state index in [4.69, 9.17) is 0 Å². The Bertz CT molecular complexity index is 376. The molecule has 1 N–H and O–H groups in total. The maximum atomic E-state index is 10.3. The molecule has 0 saturated carbocycles. The van der Waals surface area contributed by atoms with Crippen molar-refractivity contribution in [2.24, 2.45) is 11.3 Å². The quantitative estimate of drug-likeness (QED) is 0.695. The SMILES string of the molecule is CC12C=CC=CC1C(CNC=O)=CC=C2. The van der Waals surface area contributed by atoms with Crippen LogP contribution in [-0.2, 0) is 4.79 Å². The van der Waals surface area contributed by atoms with E-state index in [1.165, 1.54) is 5.57 Å². The standard InChI is InChI=1S/C13H15NO/c1-13-7-3-2-6-12(13)11(5-4-8-13)9-14-10-15/h2-8,10,12H,9H2,1H3,(H,14,15). The molecule has 2 unspecified atom stereocenters. The zero-order valence-electron chi connectivity index (χ0n) is 8.81. The van der Waals surface area contributed by atoms with E-state index < -0.39 is 0 Å². The zero-order valence-corrected chi connectivity index (χ0v) is 8.81. The number of nitrogens with one attached hydrogen (secondary N) is 1. The summed E-state index contributed by atoms with van der Waals surface area (Å²) in [5, 5.41) is 2.73. The van der Waals surface area contributed by atoms with E-state index in [1.807, 2.05) is 0 Å². The molecule has 0 aromatic rings. The monoisotopic (exact) mass is 201 g/mol. The smallest absolute Gasteiger partial charge is 0.207 e. The summed E-state index contributed by atoms with van der Waals surface area (Å²) < 4.78 is 0. The molecule has 2 rings (SSSR count). The van der Waals surface area contributed by atoms with Crippen LogP contribution in [0.4, 0.5) is 0 Å². The van der Waals surface area contributed by atoms with Crippen molar-refractivity contribution in [2.45, 2.75) is 6.92 Å². The fraction of sp³-hybridized carbons (Fsp3) is 0.308. The van der Waals surface area contributed by atoms with Crippen LogP contribution >= 0.6 is 0 Å². The summed E-state index contributed by atoms with van der Waals surface area (Å²) >= 11 is 0. The normalized spacial score (nSPS) is 32.1. The summed E-state index contributed by atoms with van der Waals surface area (Å²) in [5.74, 6) is 0.375. The van der Waals surface area contributed by atoms with Gasteiger partial charge in [0.25, 0.3) is 0 Å². The van der Waals surface area contributed by atoms with Gasteiger partial charge < -0.3 is 5.32 Å². The average Bonchev–Trinajstić information content (AvgIpc) is 2.25. The lowest BCUT2D eigenvalue weighted by molar-refractivity contribution is -0.109. The third-order valence-corrected chi connectivity index (χ3v) is 3.09. The van der Waals surface area contributed by atoms with Crippen molar-refractivity contribution in [1.82, 2.24) is 5.32 Å². The lowest BCUT2D eigenvalue weighted by atomic mass is 9.68. The van der Waals surface area contributed by atoms with Crippen LogP contribution in [0.5, 0.6) is 0 Å². The molecule has 0 bridgehead atoms. The lowest BCUT2D eigenvalue weighted by Crippen LogP contribution is -2.31. The minimum atomic E-state index is 0.0728. The second-order valence-electron chi connectivity index (χ2n) is 4.19. The van der Waals surface area contributed by atoms with E-state index in [1.54, 1.807) is 0 Å². The minimum absolute atomic E-state index is 0.0728. The van der Waals surface area contributed by atoms with Crippen LogP contribution in [0.1, 0.15) is 6.92 Å². The number of hydrogen-bond acceptors (Lipinski definition) is 1. The molecule has 0 radical (unpaired) electrons. The van der Waals surface area contributed by atoms with Gasteiger partial charge in [-0.1, -0.05) is 49.5 Å². The van der Waals surface area contributed by atoms with Crippen LogP contribution in [0, 0.1) is 11.3 Å². The Morgan fingerprint density at radius 3 is 3.00 bits per heavy atom. The number of carbonyl (C=O) groups is 1. The van der Waals surface area contributed by atoms with E-state index in [2.05, 4.69) is 54.8 Å². The molecule has 2 heteroatoms. The fourth-order valence-corrected chi connectivity index (χ4v) is 2.24. The summed E-state index contributed by atoms with van der Waals surface area (Å²) in [6.07, 6.45) is 15.7. The highest BCUT2D eigenvalue weighted by atomic mass is 16.1. The van der Waals surface area contributed by atoms with E-state index in [0.717, 1.165) is 6.41 Å². The number of rotatable bonds is 3. The summed E-state index contributed by atoms with van der Waals surface area (Å²) in [5.41, 5.74) is 1.33. The lowest BCUT2D eigenvalue weighted by Gasteiger charge is -2.36. The van der Waals surface area contributed by atoms with Crippen LogP contribution < -0.4 is 5.32 Å². The number of fused-ring (bicyclic) bond motifs is 1. The number of hydrogen-bond donors (Lipinski definition) is 1. The Kier molecular flexibility index (Phi) is 2.58. The summed E-state index contributed by atoms with van der Waals surface area (Å²) in [6.45, 7) is 2.84. The molecule has 0 aromatic carbocycles. The van der Waals surface area contributed by atoms with Crippen LogP contribution in [0.25, 0.3) is 0 Å². The molecule has 0 aromatic heterocycles. The first-order chi connectivity index (χ1) is 7.26. The molecule has 0 heterocycles. The third kappa shape index (κ3) is 1.80. The van der Waals surface area contributed by atoms with Crippen molar-refractivity contribution in [3.8, 4) is 0 Å². The first-order valence-corrected chi connectivity index (χ1v) is 5.17. The van der Waals surface area contributed by atoms with Gasteiger partial charge in [-0.3, -0.25) is 4.79 Å². The Labute approximate surface area is 90.1 Å². The second kappa shape index (κ2) is 3.89. The molecule has 0 aliphatic heterocycles. The van der Waals surface area contributed by atoms with Crippen molar-refractivity contribution in [2.75, 3.05) is 6.54 Å². The molecule has 0 spiro atoms. The van der Waals surface area contributed by atoms with E-state index in [9.17, 15) is 4.79 Å². The third-order valence-electron chi connectivity index (χ3n) is 3.09. The Morgan fingerprint density at radius 1 is 1.40 bits per heavy atom. The summed E-state index contributed by atoms with van der Waals surface area (Å²) in [7, 11) is 0. The Morgan fingerprint density at radius 2 is 2.20 bits per heavy atom. The molecule has 78 valence electrons. The Balaban J connectivity index is 2.23. The summed E-state index contributed by atoms with van der Waals surface area (Å²) in [4.78, 5) is 10.3. The van der Waals surface area contributed by atoms with E-state index >= 15 is 0 Å². The summed E-state index contributed by atoms with van der Waals surface area (Å²) in [6, 6.07) is 0. The maximum absolute atomic E-state index is 10.3. The first kappa shape index (κ1) is 9.97. The highest BCUT2D eigenvalue weighted by Gasteiger charge is 2.32. The van der Waals surface area contributed by atoms with E-state index in [0.29, 0.717) is 12.5 Å². The van der Waals surface area contributed by atoms with Crippen LogP contribution in [-0.4, -0.2) is 13.0 Å². The van der Waals surface area contributed by atoms with Crippen LogP contribution in [0.15, 0.2) is 48.1 Å². The largest absolute Gasteiger partial charge is 0.355 e. The zero-order chi connectivity index (χ0) is 10.7. The van der Waals surface area contributed by atoms with Gasteiger partial charge in [0.05, 0.1) is 0 Å². The Hall–Kier alpha value is -1.57. The molecule has 2 nitrogen and oxygen atoms in total. The second-order valence-corrected chi connectivity index (χ2v) is 4.19. The van der Waals surface area contributed by atoms with Crippen LogP contribution in [0.3, 0.4) is 0 Å². The highest BCUT2D eigenvalue weighted by Crippen LogP contribution is 2.41. The molecule has 0 saturated heterocycles. The number of allylic oxidation sites excluding steroid dienone is 7. The molecule has 15 heavy (non-hydrogen) atoms. The molecule has 2 aliphatic rings.